The first-order valence-corrected chi connectivity index (χ1v) is 9.84. The summed E-state index contributed by atoms with van der Waals surface area (Å²) in [5, 5.41) is 20.7. The average Bonchev–Trinajstić information content (AvgIpc) is 3.11. The second kappa shape index (κ2) is 6.61. The van der Waals surface area contributed by atoms with Gasteiger partial charge in [0.15, 0.2) is 5.60 Å². The van der Waals surface area contributed by atoms with Crippen molar-refractivity contribution in [3.63, 3.8) is 0 Å². The van der Waals surface area contributed by atoms with Crippen LogP contribution in [-0.4, -0.2) is 31.7 Å². The molecule has 0 aliphatic carbocycles. The molecule has 1 atom stereocenters. The van der Waals surface area contributed by atoms with Gasteiger partial charge in [-0.2, -0.15) is 0 Å². The molecule has 2 N–H and O–H groups in total. The summed E-state index contributed by atoms with van der Waals surface area (Å²) in [5.74, 6) is -1.83. The lowest BCUT2D eigenvalue weighted by Gasteiger charge is -2.31. The van der Waals surface area contributed by atoms with E-state index in [0.717, 1.165) is 17.0 Å². The molecule has 0 saturated heterocycles. The quantitative estimate of drug-likeness (QED) is 0.387. The normalized spacial score (nSPS) is 19.2. The molecule has 5 rings (SSSR count). The maximum atomic E-state index is 13.2. The summed E-state index contributed by atoms with van der Waals surface area (Å²) in [6, 6.07) is 9.03. The Bertz CT molecular complexity index is 1390. The summed E-state index contributed by atoms with van der Waals surface area (Å²) in [5.41, 5.74) is 1.49. The van der Waals surface area contributed by atoms with Gasteiger partial charge in [0.1, 0.15) is 6.61 Å². The summed E-state index contributed by atoms with van der Waals surface area (Å²) < 4.78 is 6.65. The largest absolute Gasteiger partial charge is 0.478 e. The molecule has 8 nitrogen and oxygen atoms in total. The average molecular weight is 418 g/mol. The number of esters is 1. The number of rotatable bonds is 3. The monoisotopic (exact) mass is 418 g/mol. The molecule has 156 valence electrons. The highest BCUT2D eigenvalue weighted by molar-refractivity contribution is 5.94. The van der Waals surface area contributed by atoms with Gasteiger partial charge in [-0.25, -0.2) is 14.6 Å². The Labute approximate surface area is 176 Å². The number of benzene rings is 1. The number of cyclic esters (lactones) is 1. The number of ether oxygens (including phenoxy) is 1. The molecule has 0 radical (unpaired) electrons. The first-order valence-electron chi connectivity index (χ1n) is 9.84. The van der Waals surface area contributed by atoms with Crippen molar-refractivity contribution in [1.82, 2.24) is 9.55 Å². The summed E-state index contributed by atoms with van der Waals surface area (Å²) >= 11 is 0. The number of fused-ring (bicyclic) bond motifs is 5. The predicted octanol–water partition coefficient (Wildman–Crippen LogP) is 2.18. The van der Waals surface area contributed by atoms with Crippen LogP contribution in [0, 0.1) is 0 Å². The zero-order valence-corrected chi connectivity index (χ0v) is 16.6. The lowest BCUT2D eigenvalue weighted by Crippen LogP contribution is -2.44. The van der Waals surface area contributed by atoms with Gasteiger partial charge >= 0.3 is 11.9 Å². The number of nitrogens with zero attached hydrogens (tertiary/aromatic N) is 2. The molecule has 0 fully saturated rings. The number of carbonyl (C=O) groups excluding carboxylic acids is 1. The van der Waals surface area contributed by atoms with Crippen molar-refractivity contribution in [2.75, 3.05) is 0 Å². The Morgan fingerprint density at radius 3 is 2.87 bits per heavy atom. The molecule has 2 aliphatic rings. The fourth-order valence-electron chi connectivity index (χ4n) is 4.33. The van der Waals surface area contributed by atoms with Crippen LogP contribution in [-0.2, 0) is 33.1 Å². The maximum Gasteiger partial charge on any atom is 0.343 e. The van der Waals surface area contributed by atoms with E-state index in [1.54, 1.807) is 23.6 Å². The number of aliphatic carboxylic acids is 1. The Kier molecular flexibility index (Phi) is 4.10. The van der Waals surface area contributed by atoms with Crippen molar-refractivity contribution in [3.05, 3.63) is 69.0 Å². The van der Waals surface area contributed by atoms with Gasteiger partial charge in [0.05, 0.1) is 29.0 Å². The second-order valence-corrected chi connectivity index (χ2v) is 7.69. The number of aliphatic hydroxyl groups is 1. The fourth-order valence-corrected chi connectivity index (χ4v) is 4.33. The minimum absolute atomic E-state index is 0.0733. The lowest BCUT2D eigenvalue weighted by atomic mass is 9.86. The van der Waals surface area contributed by atoms with E-state index in [4.69, 9.17) is 14.8 Å². The summed E-state index contributed by atoms with van der Waals surface area (Å²) in [6.45, 7) is 1.79. The Hall–Kier alpha value is -3.78. The van der Waals surface area contributed by atoms with E-state index in [0.29, 0.717) is 29.0 Å². The van der Waals surface area contributed by atoms with Crippen LogP contribution >= 0.6 is 0 Å². The molecule has 8 heteroatoms. The summed E-state index contributed by atoms with van der Waals surface area (Å²) in [7, 11) is 0. The van der Waals surface area contributed by atoms with Crippen LogP contribution in [0.25, 0.3) is 28.4 Å². The third kappa shape index (κ3) is 2.72. The molecule has 3 aromatic rings. The standard InChI is InChI=1S/C23H18N2O6/c1-2-23(30)16-9-17-20-14(10-25(17)21(28)15(16)11-31-22(23)29)8-13-5-3-4-12(19(13)24-20)6-7-18(26)27/h3-9,30H,2,10-11H2,1H3,(H,26,27)/t23-/m0/s1. The van der Waals surface area contributed by atoms with Crippen LogP contribution in [0.3, 0.4) is 0 Å². The Morgan fingerprint density at radius 1 is 1.32 bits per heavy atom. The minimum Gasteiger partial charge on any atom is -0.478 e. The summed E-state index contributed by atoms with van der Waals surface area (Å²) in [6.07, 6.45) is 2.60. The van der Waals surface area contributed by atoms with Crippen molar-refractivity contribution in [2.24, 2.45) is 0 Å². The molecular formula is C23H18N2O6. The van der Waals surface area contributed by atoms with Crippen molar-refractivity contribution in [2.45, 2.75) is 32.1 Å². The Morgan fingerprint density at radius 2 is 2.13 bits per heavy atom. The van der Waals surface area contributed by atoms with Crippen LogP contribution in [0.15, 0.2) is 41.2 Å². The zero-order chi connectivity index (χ0) is 21.9. The van der Waals surface area contributed by atoms with E-state index < -0.39 is 17.5 Å². The van der Waals surface area contributed by atoms with E-state index in [2.05, 4.69) is 0 Å². The molecule has 4 heterocycles. The van der Waals surface area contributed by atoms with E-state index in [1.165, 1.54) is 6.08 Å². The molecule has 0 saturated carbocycles. The van der Waals surface area contributed by atoms with Gasteiger partial charge in [0, 0.05) is 28.2 Å². The van der Waals surface area contributed by atoms with Gasteiger partial charge in [0.25, 0.3) is 5.56 Å². The zero-order valence-electron chi connectivity index (χ0n) is 16.6. The van der Waals surface area contributed by atoms with Crippen molar-refractivity contribution in [1.29, 1.82) is 0 Å². The topological polar surface area (TPSA) is 119 Å². The van der Waals surface area contributed by atoms with Gasteiger partial charge in [-0.05, 0) is 24.6 Å². The Balaban J connectivity index is 1.76. The van der Waals surface area contributed by atoms with Crippen LogP contribution in [0.1, 0.15) is 35.6 Å². The van der Waals surface area contributed by atoms with Crippen molar-refractivity contribution >= 4 is 28.9 Å². The molecular weight excluding hydrogens is 400 g/mol. The van der Waals surface area contributed by atoms with Crippen LogP contribution < -0.4 is 5.56 Å². The van der Waals surface area contributed by atoms with Gasteiger partial charge in [-0.15, -0.1) is 0 Å². The van der Waals surface area contributed by atoms with E-state index >= 15 is 0 Å². The third-order valence-electron chi connectivity index (χ3n) is 5.98. The number of carbonyl (C=O) groups is 2. The van der Waals surface area contributed by atoms with Crippen molar-refractivity contribution in [3.8, 4) is 11.4 Å². The van der Waals surface area contributed by atoms with Gasteiger partial charge in [-0.1, -0.05) is 25.1 Å². The van der Waals surface area contributed by atoms with E-state index in [9.17, 15) is 19.5 Å². The predicted molar refractivity (Wildman–Crippen MR) is 111 cm³/mol. The number of pyridine rings is 2. The minimum atomic E-state index is -1.88. The number of para-hydroxylation sites is 1. The van der Waals surface area contributed by atoms with Crippen LogP contribution in [0.5, 0.6) is 0 Å². The highest BCUT2D eigenvalue weighted by Crippen LogP contribution is 2.38. The van der Waals surface area contributed by atoms with E-state index in [-0.39, 0.29) is 29.7 Å². The molecule has 0 spiro atoms. The fraction of sp³-hybridized carbons (Fsp3) is 0.217. The summed E-state index contributed by atoms with van der Waals surface area (Å²) in [4.78, 5) is 41.1. The first kappa shape index (κ1) is 19.2. The molecule has 1 aromatic carbocycles. The first-order chi connectivity index (χ1) is 14.8. The number of hydrogen-bond donors (Lipinski definition) is 2. The van der Waals surface area contributed by atoms with Crippen LogP contribution in [0.2, 0.25) is 0 Å². The molecule has 0 bridgehead atoms. The SMILES string of the molecule is CC[C@@]1(O)C(=O)OCc2c1cc1n(c2=O)Cc2cc3cccc(C=CC(=O)O)c3nc2-1. The molecule has 0 amide bonds. The molecule has 31 heavy (non-hydrogen) atoms. The highest BCUT2D eigenvalue weighted by atomic mass is 16.6. The van der Waals surface area contributed by atoms with E-state index in [1.807, 2.05) is 18.2 Å². The van der Waals surface area contributed by atoms with Crippen molar-refractivity contribution < 1.29 is 24.5 Å². The van der Waals surface area contributed by atoms with Gasteiger partial charge in [-0.3, -0.25) is 4.79 Å². The number of carboxylic acids is 1. The second-order valence-electron chi connectivity index (χ2n) is 7.69. The molecule has 2 aliphatic heterocycles. The molecule has 0 unspecified atom stereocenters. The van der Waals surface area contributed by atoms with Gasteiger partial charge in [0.2, 0.25) is 0 Å². The van der Waals surface area contributed by atoms with Gasteiger partial charge < -0.3 is 19.5 Å². The third-order valence-corrected chi connectivity index (χ3v) is 5.98. The number of hydrogen-bond acceptors (Lipinski definition) is 6. The van der Waals surface area contributed by atoms with Crippen LogP contribution in [0.4, 0.5) is 0 Å². The molecule has 2 aromatic heterocycles. The smallest absolute Gasteiger partial charge is 0.343 e. The lowest BCUT2D eigenvalue weighted by molar-refractivity contribution is -0.172. The number of carboxylic acid groups (broad SMARTS) is 1. The maximum absolute atomic E-state index is 13.2. The number of aromatic nitrogens is 2. The highest BCUT2D eigenvalue weighted by Gasteiger charge is 2.45.